The van der Waals surface area contributed by atoms with Crippen LogP contribution in [0.25, 0.3) is 0 Å². The largest absolute Gasteiger partial charge is 0.493 e. The van der Waals surface area contributed by atoms with E-state index in [9.17, 15) is 8.78 Å². The number of hydrogen-bond donors (Lipinski definition) is 1. The summed E-state index contributed by atoms with van der Waals surface area (Å²) >= 11 is 1.84. The van der Waals surface area contributed by atoms with Gasteiger partial charge in [0.2, 0.25) is 0 Å². The van der Waals surface area contributed by atoms with Crippen LogP contribution in [0.2, 0.25) is 0 Å². The Morgan fingerprint density at radius 2 is 2.05 bits per heavy atom. The molecule has 0 spiro atoms. The minimum absolute atomic E-state index is 0.0733. The van der Waals surface area contributed by atoms with Gasteiger partial charge in [-0.25, -0.2) is 0 Å². The molecule has 0 aliphatic heterocycles. The van der Waals surface area contributed by atoms with Crippen LogP contribution in [0.1, 0.15) is 18.4 Å². The van der Waals surface area contributed by atoms with Gasteiger partial charge in [-0.1, -0.05) is 6.07 Å². The minimum Gasteiger partial charge on any atom is -0.493 e. The summed E-state index contributed by atoms with van der Waals surface area (Å²) in [5.41, 5.74) is 0.895. The molecule has 1 N–H and O–H groups in total. The van der Waals surface area contributed by atoms with Crippen LogP contribution in [0, 0.1) is 0 Å². The Morgan fingerprint density at radius 1 is 1.25 bits per heavy atom. The van der Waals surface area contributed by atoms with Crippen molar-refractivity contribution >= 4 is 11.8 Å². The van der Waals surface area contributed by atoms with Gasteiger partial charge in [0.15, 0.2) is 11.5 Å². The fourth-order valence-electron chi connectivity index (χ4n) is 1.75. The highest BCUT2D eigenvalue weighted by atomic mass is 32.2. The maximum absolute atomic E-state index is 12.3. The second-order valence-electron chi connectivity index (χ2n) is 4.24. The van der Waals surface area contributed by atoms with E-state index in [1.54, 1.807) is 12.1 Å². The average Bonchev–Trinajstić information content (AvgIpc) is 2.42. The van der Waals surface area contributed by atoms with Gasteiger partial charge in [0.05, 0.1) is 7.11 Å². The van der Waals surface area contributed by atoms with Crippen molar-refractivity contribution in [3.05, 3.63) is 23.8 Å². The summed E-state index contributed by atoms with van der Waals surface area (Å²) in [6.45, 7) is -1.31. The van der Waals surface area contributed by atoms with Crippen molar-refractivity contribution in [1.29, 1.82) is 0 Å². The van der Waals surface area contributed by atoms with Gasteiger partial charge < -0.3 is 14.8 Å². The number of benzene rings is 1. The van der Waals surface area contributed by atoms with E-state index >= 15 is 0 Å². The van der Waals surface area contributed by atoms with Crippen molar-refractivity contribution in [3.8, 4) is 11.5 Å². The quantitative estimate of drug-likeness (QED) is 0.670. The highest BCUT2D eigenvalue weighted by molar-refractivity contribution is 7.98. The molecule has 1 aromatic carbocycles. The van der Waals surface area contributed by atoms with Crippen LogP contribution in [-0.4, -0.2) is 32.3 Å². The van der Waals surface area contributed by atoms with Gasteiger partial charge in [0.25, 0.3) is 0 Å². The van der Waals surface area contributed by atoms with Gasteiger partial charge in [-0.3, -0.25) is 0 Å². The number of methoxy groups -OCH3 is 1. The fraction of sp³-hybridized carbons (Fsp3) is 0.571. The van der Waals surface area contributed by atoms with Crippen LogP contribution in [0.4, 0.5) is 8.78 Å². The Balaban J connectivity index is 2.45. The van der Waals surface area contributed by atoms with E-state index in [4.69, 9.17) is 4.74 Å². The third-order valence-corrected chi connectivity index (χ3v) is 3.42. The molecule has 0 bridgehead atoms. The van der Waals surface area contributed by atoms with Crippen molar-refractivity contribution in [2.24, 2.45) is 0 Å². The molecule has 0 fully saturated rings. The van der Waals surface area contributed by atoms with Gasteiger partial charge in [-0.15, -0.1) is 0 Å². The molecule has 0 heterocycles. The van der Waals surface area contributed by atoms with Crippen molar-refractivity contribution in [3.63, 3.8) is 0 Å². The monoisotopic (exact) mass is 305 g/mol. The Bertz CT molecular complexity index is 391. The van der Waals surface area contributed by atoms with E-state index in [1.807, 2.05) is 17.8 Å². The van der Waals surface area contributed by atoms with E-state index in [0.29, 0.717) is 12.3 Å². The number of halogens is 2. The lowest BCUT2D eigenvalue weighted by atomic mass is 10.2. The lowest BCUT2D eigenvalue weighted by Gasteiger charge is -2.12. The standard InChI is InChI=1S/C14H21F2NO2S/c1-18-12-6-5-11(9-13(12)19-14(15)16)10-17-7-3-4-8-20-2/h5-6,9,14,17H,3-4,7-8,10H2,1-2H3. The fourth-order valence-corrected chi connectivity index (χ4v) is 2.24. The van der Waals surface area contributed by atoms with Crippen molar-refractivity contribution in [2.75, 3.05) is 25.7 Å². The summed E-state index contributed by atoms with van der Waals surface area (Å²) in [6.07, 6.45) is 4.38. The Morgan fingerprint density at radius 3 is 2.70 bits per heavy atom. The number of hydrogen-bond acceptors (Lipinski definition) is 4. The van der Waals surface area contributed by atoms with Gasteiger partial charge in [-0.2, -0.15) is 20.5 Å². The smallest absolute Gasteiger partial charge is 0.387 e. The van der Waals surface area contributed by atoms with Crippen LogP contribution in [0.15, 0.2) is 18.2 Å². The first-order valence-corrected chi connectivity index (χ1v) is 7.88. The van der Waals surface area contributed by atoms with Gasteiger partial charge in [-0.05, 0) is 49.1 Å². The summed E-state index contributed by atoms with van der Waals surface area (Å²) in [4.78, 5) is 0. The normalized spacial score (nSPS) is 10.8. The summed E-state index contributed by atoms with van der Waals surface area (Å²) < 4.78 is 34.0. The first-order chi connectivity index (χ1) is 9.67. The summed E-state index contributed by atoms with van der Waals surface area (Å²) in [5.74, 6) is 1.55. The molecule has 1 rings (SSSR count). The van der Waals surface area contributed by atoms with E-state index < -0.39 is 6.61 Å². The molecule has 0 saturated carbocycles. The van der Waals surface area contributed by atoms with Crippen molar-refractivity contribution in [2.45, 2.75) is 26.0 Å². The minimum atomic E-state index is -2.85. The van der Waals surface area contributed by atoms with Crippen LogP contribution in [0.3, 0.4) is 0 Å². The number of nitrogens with one attached hydrogen (secondary N) is 1. The van der Waals surface area contributed by atoms with Gasteiger partial charge in [0.1, 0.15) is 0 Å². The highest BCUT2D eigenvalue weighted by Gasteiger charge is 2.11. The van der Waals surface area contributed by atoms with E-state index in [-0.39, 0.29) is 5.75 Å². The summed E-state index contributed by atoms with van der Waals surface area (Å²) in [6, 6.07) is 5.06. The predicted octanol–water partition coefficient (Wildman–Crippen LogP) is 3.53. The van der Waals surface area contributed by atoms with Crippen LogP contribution < -0.4 is 14.8 Å². The van der Waals surface area contributed by atoms with Gasteiger partial charge in [0, 0.05) is 6.54 Å². The summed E-state index contributed by atoms with van der Waals surface area (Å²) in [5, 5.41) is 3.29. The Labute approximate surface area is 123 Å². The average molecular weight is 305 g/mol. The first kappa shape index (κ1) is 17.0. The molecule has 0 atom stereocenters. The lowest BCUT2D eigenvalue weighted by molar-refractivity contribution is -0.0512. The summed E-state index contributed by atoms with van der Waals surface area (Å²) in [7, 11) is 1.43. The van der Waals surface area contributed by atoms with Crippen LogP contribution in [0.5, 0.6) is 11.5 Å². The number of alkyl halides is 2. The highest BCUT2D eigenvalue weighted by Crippen LogP contribution is 2.29. The molecule has 3 nitrogen and oxygen atoms in total. The Kier molecular flexibility index (Phi) is 8.37. The molecular formula is C14H21F2NO2S. The zero-order valence-electron chi connectivity index (χ0n) is 11.8. The van der Waals surface area contributed by atoms with Crippen molar-refractivity contribution < 1.29 is 18.3 Å². The van der Waals surface area contributed by atoms with E-state index in [1.165, 1.54) is 13.5 Å². The number of rotatable bonds is 10. The van der Waals surface area contributed by atoms with Crippen LogP contribution >= 0.6 is 11.8 Å². The molecule has 0 aromatic heterocycles. The lowest BCUT2D eigenvalue weighted by Crippen LogP contribution is -2.15. The van der Waals surface area contributed by atoms with Crippen molar-refractivity contribution in [1.82, 2.24) is 5.32 Å². The molecule has 0 saturated heterocycles. The maximum atomic E-state index is 12.3. The molecular weight excluding hydrogens is 284 g/mol. The number of ether oxygens (including phenoxy) is 2. The van der Waals surface area contributed by atoms with Gasteiger partial charge >= 0.3 is 6.61 Å². The maximum Gasteiger partial charge on any atom is 0.387 e. The number of unbranched alkanes of at least 4 members (excludes halogenated alkanes) is 1. The van der Waals surface area contributed by atoms with E-state index in [2.05, 4.69) is 16.3 Å². The van der Waals surface area contributed by atoms with Crippen LogP contribution in [-0.2, 0) is 6.54 Å². The molecule has 114 valence electrons. The third-order valence-electron chi connectivity index (χ3n) is 2.73. The first-order valence-electron chi connectivity index (χ1n) is 6.48. The second-order valence-corrected chi connectivity index (χ2v) is 5.23. The topological polar surface area (TPSA) is 30.5 Å². The number of thioether (sulfide) groups is 1. The van der Waals surface area contributed by atoms with E-state index in [0.717, 1.165) is 24.3 Å². The zero-order chi connectivity index (χ0) is 14.8. The molecule has 6 heteroatoms. The zero-order valence-corrected chi connectivity index (χ0v) is 12.6. The third kappa shape index (κ3) is 6.43. The molecule has 0 aliphatic carbocycles. The SMILES string of the molecule is COc1ccc(CNCCCCSC)cc1OC(F)F. The predicted molar refractivity (Wildman–Crippen MR) is 78.9 cm³/mol. The Hall–Kier alpha value is -1.01. The molecule has 1 aromatic rings. The molecule has 20 heavy (non-hydrogen) atoms. The molecule has 0 unspecified atom stereocenters. The molecule has 0 radical (unpaired) electrons. The molecule has 0 aliphatic rings. The second kappa shape index (κ2) is 9.83. The molecule has 0 amide bonds.